The van der Waals surface area contributed by atoms with E-state index >= 15 is 0 Å². The first kappa shape index (κ1) is 12.6. The topological polar surface area (TPSA) is 53.1 Å². The largest absolute Gasteiger partial charge is 0.384 e. The predicted octanol–water partition coefficient (Wildman–Crippen LogP) is 2.48. The fourth-order valence-electron chi connectivity index (χ4n) is 2.54. The first-order valence-electron chi connectivity index (χ1n) is 7.01. The van der Waals surface area contributed by atoms with E-state index in [1.807, 2.05) is 6.07 Å². The molecule has 3 rings (SSSR count). The molecular formula is C15H20FN3. The number of nitrogen functional groups attached to an aromatic ring is 1. The fourth-order valence-corrected chi connectivity index (χ4v) is 2.54. The fraction of sp³-hybridized carbons (Fsp3) is 0.533. The number of benzene rings is 1. The van der Waals surface area contributed by atoms with Gasteiger partial charge in [0.1, 0.15) is 11.7 Å². The first-order chi connectivity index (χ1) is 9.15. The molecule has 3 nitrogen and oxygen atoms in total. The van der Waals surface area contributed by atoms with Gasteiger partial charge in [-0.3, -0.25) is 10.3 Å². The number of nitrogens with one attached hydrogen (secondary N) is 1. The smallest absolute Gasteiger partial charge is 0.138 e. The average molecular weight is 261 g/mol. The molecule has 0 unspecified atom stereocenters. The lowest BCUT2D eigenvalue weighted by Gasteiger charge is -2.22. The summed E-state index contributed by atoms with van der Waals surface area (Å²) in [5.74, 6) is 0.301. The summed E-state index contributed by atoms with van der Waals surface area (Å²) in [5, 5.41) is 7.40. The summed E-state index contributed by atoms with van der Waals surface area (Å²) in [6.07, 6.45) is 5.11. The van der Waals surface area contributed by atoms with Crippen LogP contribution >= 0.6 is 0 Å². The highest BCUT2D eigenvalue weighted by Gasteiger charge is 2.34. The van der Waals surface area contributed by atoms with E-state index in [4.69, 9.17) is 11.1 Å². The van der Waals surface area contributed by atoms with E-state index in [-0.39, 0.29) is 17.2 Å². The second kappa shape index (κ2) is 4.93. The quantitative estimate of drug-likeness (QED) is 0.610. The molecule has 2 saturated carbocycles. The van der Waals surface area contributed by atoms with Crippen molar-refractivity contribution in [1.29, 1.82) is 5.41 Å². The van der Waals surface area contributed by atoms with Crippen LogP contribution in [0.1, 0.15) is 36.8 Å². The highest BCUT2D eigenvalue weighted by molar-refractivity contribution is 5.95. The second-order valence-electron chi connectivity index (χ2n) is 5.80. The zero-order chi connectivity index (χ0) is 13.4. The van der Waals surface area contributed by atoms with Crippen LogP contribution in [-0.2, 0) is 6.54 Å². The van der Waals surface area contributed by atoms with Gasteiger partial charge in [0.05, 0.1) is 5.56 Å². The SMILES string of the molecule is N=C(N)c1cccc(CN(CC2CC2)C2CC2)c1F. The minimum atomic E-state index is -0.323. The van der Waals surface area contributed by atoms with Gasteiger partial charge in [0.15, 0.2) is 0 Å². The molecule has 19 heavy (non-hydrogen) atoms. The van der Waals surface area contributed by atoms with Gasteiger partial charge < -0.3 is 5.73 Å². The summed E-state index contributed by atoms with van der Waals surface area (Å²) in [6, 6.07) is 5.81. The van der Waals surface area contributed by atoms with Crippen LogP contribution in [0.3, 0.4) is 0 Å². The number of amidine groups is 1. The minimum Gasteiger partial charge on any atom is -0.384 e. The number of hydrogen-bond acceptors (Lipinski definition) is 2. The van der Waals surface area contributed by atoms with E-state index in [2.05, 4.69) is 4.90 Å². The van der Waals surface area contributed by atoms with Gasteiger partial charge in [-0.05, 0) is 37.7 Å². The molecule has 0 spiro atoms. The van der Waals surface area contributed by atoms with Gasteiger partial charge in [-0.15, -0.1) is 0 Å². The Hall–Kier alpha value is -1.42. The molecule has 0 radical (unpaired) electrons. The highest BCUT2D eigenvalue weighted by Crippen LogP contribution is 2.35. The third-order valence-corrected chi connectivity index (χ3v) is 4.00. The maximum atomic E-state index is 14.3. The zero-order valence-corrected chi connectivity index (χ0v) is 11.0. The van der Waals surface area contributed by atoms with Crippen molar-refractivity contribution in [3.05, 3.63) is 35.1 Å². The van der Waals surface area contributed by atoms with Crippen LogP contribution in [0.2, 0.25) is 0 Å². The maximum Gasteiger partial charge on any atom is 0.138 e. The van der Waals surface area contributed by atoms with E-state index in [1.54, 1.807) is 12.1 Å². The van der Waals surface area contributed by atoms with Crippen molar-refractivity contribution < 1.29 is 4.39 Å². The van der Waals surface area contributed by atoms with E-state index in [9.17, 15) is 4.39 Å². The van der Waals surface area contributed by atoms with Crippen LogP contribution in [-0.4, -0.2) is 23.3 Å². The Labute approximate surface area is 113 Å². The summed E-state index contributed by atoms with van der Waals surface area (Å²) in [6.45, 7) is 1.74. The van der Waals surface area contributed by atoms with E-state index < -0.39 is 0 Å². The van der Waals surface area contributed by atoms with Crippen LogP contribution in [0.4, 0.5) is 4.39 Å². The summed E-state index contributed by atoms with van der Waals surface area (Å²) in [4.78, 5) is 2.40. The summed E-state index contributed by atoms with van der Waals surface area (Å²) in [7, 11) is 0. The Bertz CT molecular complexity index is 492. The van der Waals surface area contributed by atoms with Crippen molar-refractivity contribution >= 4 is 5.84 Å². The van der Waals surface area contributed by atoms with Gasteiger partial charge >= 0.3 is 0 Å². The van der Waals surface area contributed by atoms with Crippen molar-refractivity contribution in [2.24, 2.45) is 11.7 Å². The van der Waals surface area contributed by atoms with Crippen LogP contribution in [0, 0.1) is 17.1 Å². The molecule has 0 atom stereocenters. The normalized spacial score (nSPS) is 18.8. The minimum absolute atomic E-state index is 0.195. The van der Waals surface area contributed by atoms with Crippen LogP contribution in [0.5, 0.6) is 0 Å². The van der Waals surface area contributed by atoms with Crippen LogP contribution in [0.25, 0.3) is 0 Å². The molecule has 1 aromatic carbocycles. The van der Waals surface area contributed by atoms with Crippen molar-refractivity contribution in [3.8, 4) is 0 Å². The van der Waals surface area contributed by atoms with Crippen molar-refractivity contribution in [3.63, 3.8) is 0 Å². The van der Waals surface area contributed by atoms with E-state index in [0.29, 0.717) is 18.2 Å². The Morgan fingerprint density at radius 3 is 2.63 bits per heavy atom. The van der Waals surface area contributed by atoms with E-state index in [0.717, 1.165) is 12.5 Å². The number of nitrogens with zero attached hydrogens (tertiary/aromatic N) is 1. The molecule has 0 aromatic heterocycles. The Kier molecular flexibility index (Phi) is 3.27. The highest BCUT2D eigenvalue weighted by atomic mass is 19.1. The van der Waals surface area contributed by atoms with Crippen molar-refractivity contribution in [2.45, 2.75) is 38.3 Å². The third-order valence-electron chi connectivity index (χ3n) is 4.00. The maximum absolute atomic E-state index is 14.3. The van der Waals surface area contributed by atoms with Crippen molar-refractivity contribution in [2.75, 3.05) is 6.54 Å². The summed E-state index contributed by atoms with van der Waals surface area (Å²) < 4.78 is 14.3. The molecule has 2 fully saturated rings. The monoisotopic (exact) mass is 261 g/mol. The van der Waals surface area contributed by atoms with Gasteiger partial charge in [-0.25, -0.2) is 4.39 Å². The van der Waals surface area contributed by atoms with Gasteiger partial charge in [-0.2, -0.15) is 0 Å². The third kappa shape index (κ3) is 2.95. The summed E-state index contributed by atoms with van der Waals surface area (Å²) in [5.41, 5.74) is 6.30. The molecule has 0 amide bonds. The molecule has 2 aliphatic carbocycles. The molecule has 0 bridgehead atoms. The lowest BCUT2D eigenvalue weighted by Crippen LogP contribution is -2.28. The number of hydrogen-bond donors (Lipinski definition) is 2. The van der Waals surface area contributed by atoms with Gasteiger partial charge in [-0.1, -0.05) is 12.1 Å². The standard InChI is InChI=1S/C15H20FN3/c16-14-11(2-1-3-13(14)15(17)18)9-19(12-6-7-12)8-10-4-5-10/h1-3,10,12H,4-9H2,(H3,17,18). The Balaban J connectivity index is 1.76. The number of rotatable bonds is 6. The molecule has 0 heterocycles. The average Bonchev–Trinajstić information content (AvgIpc) is 3.24. The number of nitrogens with two attached hydrogens (primary N) is 1. The van der Waals surface area contributed by atoms with Crippen molar-refractivity contribution in [1.82, 2.24) is 4.90 Å². The number of halogens is 1. The molecule has 1 aromatic rings. The Morgan fingerprint density at radius 1 is 1.32 bits per heavy atom. The molecule has 2 aliphatic rings. The second-order valence-corrected chi connectivity index (χ2v) is 5.80. The van der Waals surface area contributed by atoms with Gasteiger partial charge in [0, 0.05) is 24.7 Å². The van der Waals surface area contributed by atoms with Gasteiger partial charge in [0.2, 0.25) is 0 Å². The lowest BCUT2D eigenvalue weighted by atomic mass is 10.1. The molecule has 0 saturated heterocycles. The predicted molar refractivity (Wildman–Crippen MR) is 73.6 cm³/mol. The summed E-state index contributed by atoms with van der Waals surface area (Å²) >= 11 is 0. The molecule has 3 N–H and O–H groups in total. The molecule has 4 heteroatoms. The van der Waals surface area contributed by atoms with E-state index in [1.165, 1.54) is 25.7 Å². The van der Waals surface area contributed by atoms with Crippen LogP contribution < -0.4 is 5.73 Å². The lowest BCUT2D eigenvalue weighted by molar-refractivity contribution is 0.241. The zero-order valence-electron chi connectivity index (χ0n) is 11.0. The molecule has 0 aliphatic heterocycles. The molecular weight excluding hydrogens is 241 g/mol. The van der Waals surface area contributed by atoms with Gasteiger partial charge in [0.25, 0.3) is 0 Å². The van der Waals surface area contributed by atoms with Crippen LogP contribution in [0.15, 0.2) is 18.2 Å². The Morgan fingerprint density at radius 2 is 2.05 bits per heavy atom. The first-order valence-corrected chi connectivity index (χ1v) is 7.01. The molecule has 102 valence electrons.